The second kappa shape index (κ2) is 7.45. The van der Waals surface area contributed by atoms with Gasteiger partial charge in [-0.15, -0.1) is 11.3 Å². The monoisotopic (exact) mass is 433 g/mol. The average molecular weight is 433 g/mol. The number of aromatic nitrogens is 3. The number of ether oxygens (including phenoxy) is 1. The Labute approximate surface area is 171 Å². The third-order valence-electron chi connectivity index (χ3n) is 4.44. The van der Waals surface area contributed by atoms with Crippen LogP contribution in [0.25, 0.3) is 20.7 Å². The molecule has 0 amide bonds. The molecular formula is C20H14F3N3O3S. The molecule has 30 heavy (non-hydrogen) atoms. The second-order valence-corrected chi connectivity index (χ2v) is 7.50. The molecule has 0 bridgehead atoms. The molecule has 0 radical (unpaired) electrons. The zero-order chi connectivity index (χ0) is 21.5. The van der Waals surface area contributed by atoms with E-state index in [0.717, 1.165) is 27.1 Å². The zero-order valence-electron chi connectivity index (χ0n) is 15.5. The van der Waals surface area contributed by atoms with Gasteiger partial charge in [0.05, 0.1) is 24.7 Å². The van der Waals surface area contributed by atoms with E-state index in [2.05, 4.69) is 9.97 Å². The minimum Gasteiger partial charge on any atom is -0.497 e. The van der Waals surface area contributed by atoms with Gasteiger partial charge >= 0.3 is 6.18 Å². The highest BCUT2D eigenvalue weighted by atomic mass is 32.1. The van der Waals surface area contributed by atoms with Crippen LogP contribution < -0.4 is 15.9 Å². The van der Waals surface area contributed by atoms with Crippen LogP contribution in [0.1, 0.15) is 11.4 Å². The Morgan fingerprint density at radius 3 is 2.53 bits per heavy atom. The molecule has 0 aliphatic carbocycles. The maximum Gasteiger partial charge on any atom is 0.417 e. The Balaban J connectivity index is 1.71. The van der Waals surface area contributed by atoms with Crippen molar-refractivity contribution in [3.05, 3.63) is 80.8 Å². The summed E-state index contributed by atoms with van der Waals surface area (Å²) >= 11 is 1.25. The van der Waals surface area contributed by atoms with Crippen molar-refractivity contribution >= 4 is 21.6 Å². The molecular weight excluding hydrogens is 419 g/mol. The maximum absolute atomic E-state index is 12.9. The summed E-state index contributed by atoms with van der Waals surface area (Å²) < 4.78 is 45.2. The number of hydrogen-bond donors (Lipinski definition) is 1. The van der Waals surface area contributed by atoms with Gasteiger partial charge in [-0.25, -0.2) is 4.98 Å². The van der Waals surface area contributed by atoms with Crippen LogP contribution in [0.5, 0.6) is 5.75 Å². The van der Waals surface area contributed by atoms with Gasteiger partial charge < -0.3 is 14.3 Å². The lowest BCUT2D eigenvalue weighted by Gasteiger charge is -2.10. The predicted octanol–water partition coefficient (Wildman–Crippen LogP) is 3.89. The molecule has 4 rings (SSSR count). The van der Waals surface area contributed by atoms with E-state index in [0.29, 0.717) is 22.2 Å². The number of alkyl halides is 3. The molecule has 154 valence electrons. The zero-order valence-corrected chi connectivity index (χ0v) is 16.3. The number of aromatic amines is 1. The Morgan fingerprint density at radius 2 is 1.87 bits per heavy atom. The van der Waals surface area contributed by atoms with Crippen LogP contribution in [0, 0.1) is 0 Å². The summed E-state index contributed by atoms with van der Waals surface area (Å²) in [4.78, 5) is 32.1. The molecule has 10 heteroatoms. The Kier molecular flexibility index (Phi) is 4.94. The highest BCUT2D eigenvalue weighted by Gasteiger charge is 2.31. The van der Waals surface area contributed by atoms with Crippen molar-refractivity contribution in [2.75, 3.05) is 7.11 Å². The number of halogens is 3. The number of H-pyrrole nitrogens is 1. The number of benzene rings is 1. The van der Waals surface area contributed by atoms with Crippen LogP contribution in [0.2, 0.25) is 0 Å². The molecule has 0 aliphatic rings. The Hall–Kier alpha value is -3.40. The van der Waals surface area contributed by atoms with Crippen LogP contribution in [-0.4, -0.2) is 21.6 Å². The molecule has 0 saturated heterocycles. The van der Waals surface area contributed by atoms with Gasteiger partial charge in [-0.3, -0.25) is 9.59 Å². The first kappa shape index (κ1) is 19.9. The summed E-state index contributed by atoms with van der Waals surface area (Å²) in [6.45, 7) is -0.290. The van der Waals surface area contributed by atoms with Gasteiger partial charge in [-0.05, 0) is 42.0 Å². The summed E-state index contributed by atoms with van der Waals surface area (Å²) in [5.74, 6) is 0.789. The van der Waals surface area contributed by atoms with Crippen molar-refractivity contribution in [3.8, 4) is 16.2 Å². The van der Waals surface area contributed by atoms with Crippen LogP contribution in [0.15, 0.2) is 58.3 Å². The number of fused-ring (bicyclic) bond motifs is 1. The minimum absolute atomic E-state index is 0.0907. The van der Waals surface area contributed by atoms with Gasteiger partial charge in [0.25, 0.3) is 11.1 Å². The van der Waals surface area contributed by atoms with Crippen molar-refractivity contribution < 1.29 is 17.9 Å². The second-order valence-electron chi connectivity index (χ2n) is 6.45. The molecule has 0 spiro atoms. The molecule has 6 nitrogen and oxygen atoms in total. The van der Waals surface area contributed by atoms with Crippen molar-refractivity contribution in [2.24, 2.45) is 0 Å². The minimum atomic E-state index is -4.58. The summed E-state index contributed by atoms with van der Waals surface area (Å²) in [5, 5.41) is 0. The molecule has 3 heterocycles. The number of rotatable bonds is 4. The van der Waals surface area contributed by atoms with E-state index in [4.69, 9.17) is 4.74 Å². The maximum atomic E-state index is 12.9. The van der Waals surface area contributed by atoms with Gasteiger partial charge in [0.1, 0.15) is 16.3 Å². The normalized spacial score (nSPS) is 11.7. The third kappa shape index (κ3) is 3.86. The van der Waals surface area contributed by atoms with E-state index < -0.39 is 22.9 Å². The molecule has 3 aromatic heterocycles. The fraction of sp³-hybridized carbons (Fsp3) is 0.150. The van der Waals surface area contributed by atoms with Crippen molar-refractivity contribution in [2.45, 2.75) is 12.7 Å². The molecule has 0 unspecified atom stereocenters. The molecule has 1 N–H and O–H groups in total. The van der Waals surface area contributed by atoms with E-state index >= 15 is 0 Å². The number of methoxy groups -OCH3 is 1. The SMILES string of the molecule is COc1ccc(-c2cc3nc(Cn4cc(C(F)(F)F)ccc4=O)[nH]c(=O)c3s2)cc1. The van der Waals surface area contributed by atoms with Crippen molar-refractivity contribution in [1.82, 2.24) is 14.5 Å². The van der Waals surface area contributed by atoms with E-state index in [9.17, 15) is 22.8 Å². The lowest BCUT2D eigenvalue weighted by Crippen LogP contribution is -2.24. The summed E-state index contributed by atoms with van der Waals surface area (Å²) in [5.41, 5.74) is -0.726. The van der Waals surface area contributed by atoms with Crippen molar-refractivity contribution in [1.29, 1.82) is 0 Å². The number of hydrogen-bond acceptors (Lipinski definition) is 5. The highest BCUT2D eigenvalue weighted by molar-refractivity contribution is 7.22. The van der Waals surface area contributed by atoms with Gasteiger partial charge in [-0.1, -0.05) is 0 Å². The highest BCUT2D eigenvalue weighted by Crippen LogP contribution is 2.32. The molecule has 0 fully saturated rings. The molecule has 0 saturated carbocycles. The van der Waals surface area contributed by atoms with Gasteiger partial charge in [0, 0.05) is 17.1 Å². The largest absolute Gasteiger partial charge is 0.497 e. The quantitative estimate of drug-likeness (QED) is 0.530. The first-order chi connectivity index (χ1) is 14.2. The summed E-state index contributed by atoms with van der Waals surface area (Å²) in [6, 6.07) is 10.6. The third-order valence-corrected chi connectivity index (χ3v) is 5.61. The Morgan fingerprint density at radius 1 is 1.13 bits per heavy atom. The standard InChI is InChI=1S/C20H14F3N3O3S/c1-29-13-5-2-11(3-6-13)15-8-14-18(30-15)19(28)25-16(24-14)10-26-9-12(20(21,22)23)4-7-17(26)27/h2-9H,10H2,1H3,(H,24,25,28). The first-order valence-corrected chi connectivity index (χ1v) is 9.51. The van der Waals surface area contributed by atoms with E-state index in [1.54, 1.807) is 25.3 Å². The average Bonchev–Trinajstić information content (AvgIpc) is 3.13. The fourth-order valence-electron chi connectivity index (χ4n) is 2.94. The molecule has 0 atom stereocenters. The number of nitrogens with one attached hydrogen (secondary N) is 1. The van der Waals surface area contributed by atoms with Gasteiger partial charge in [0.15, 0.2) is 0 Å². The topological polar surface area (TPSA) is 77.0 Å². The Bertz CT molecular complexity index is 1340. The number of thiophene rings is 1. The van der Waals surface area contributed by atoms with Crippen LogP contribution in [-0.2, 0) is 12.7 Å². The first-order valence-electron chi connectivity index (χ1n) is 8.69. The van der Waals surface area contributed by atoms with Crippen LogP contribution in [0.4, 0.5) is 13.2 Å². The molecule has 4 aromatic rings. The lowest BCUT2D eigenvalue weighted by molar-refractivity contribution is -0.138. The van der Waals surface area contributed by atoms with Gasteiger partial charge in [0.2, 0.25) is 0 Å². The summed E-state index contributed by atoms with van der Waals surface area (Å²) in [7, 11) is 1.56. The predicted molar refractivity (Wildman–Crippen MR) is 107 cm³/mol. The fourth-order valence-corrected chi connectivity index (χ4v) is 3.94. The smallest absolute Gasteiger partial charge is 0.417 e. The van der Waals surface area contributed by atoms with Crippen molar-refractivity contribution in [3.63, 3.8) is 0 Å². The summed E-state index contributed by atoms with van der Waals surface area (Å²) in [6.07, 6.45) is -3.87. The van der Waals surface area contributed by atoms with Crippen LogP contribution >= 0.6 is 11.3 Å². The van der Waals surface area contributed by atoms with Gasteiger partial charge in [-0.2, -0.15) is 13.2 Å². The van der Waals surface area contributed by atoms with E-state index in [-0.39, 0.29) is 12.4 Å². The lowest BCUT2D eigenvalue weighted by atomic mass is 10.2. The van der Waals surface area contributed by atoms with E-state index in [1.165, 1.54) is 11.3 Å². The number of nitrogens with zero attached hydrogens (tertiary/aromatic N) is 2. The number of pyridine rings is 1. The van der Waals surface area contributed by atoms with Crippen LogP contribution in [0.3, 0.4) is 0 Å². The van der Waals surface area contributed by atoms with E-state index in [1.807, 2.05) is 12.1 Å². The molecule has 1 aromatic carbocycles. The molecule has 0 aliphatic heterocycles.